The predicted molar refractivity (Wildman–Crippen MR) is 246 cm³/mol. The van der Waals surface area contributed by atoms with Gasteiger partial charge < -0.3 is 9.13 Å². The Morgan fingerprint density at radius 1 is 0.224 bits per heavy atom. The van der Waals surface area contributed by atoms with E-state index in [4.69, 9.17) is 0 Å². The molecule has 0 aliphatic heterocycles. The highest BCUT2D eigenvalue weighted by atomic mass is 15.0. The number of hydrogen-bond acceptors (Lipinski definition) is 0. The lowest BCUT2D eigenvalue weighted by Crippen LogP contribution is -1.98. The molecule has 10 aromatic carbocycles. The summed E-state index contributed by atoms with van der Waals surface area (Å²) in [5, 5.41) is 10.0. The molecule has 58 heavy (non-hydrogen) atoms. The van der Waals surface area contributed by atoms with Crippen LogP contribution in [0.1, 0.15) is 0 Å². The lowest BCUT2D eigenvalue weighted by atomic mass is 9.92. The summed E-state index contributed by atoms with van der Waals surface area (Å²) in [6.07, 6.45) is 0. The first kappa shape index (κ1) is 32.6. The van der Waals surface area contributed by atoms with E-state index < -0.39 is 0 Å². The van der Waals surface area contributed by atoms with Gasteiger partial charge in [-0.1, -0.05) is 170 Å². The van der Waals surface area contributed by atoms with Crippen LogP contribution in [0.15, 0.2) is 218 Å². The zero-order valence-corrected chi connectivity index (χ0v) is 31.7. The highest BCUT2D eigenvalue weighted by molar-refractivity contribution is 6.16. The summed E-state index contributed by atoms with van der Waals surface area (Å²) in [5.41, 5.74) is 14.4. The predicted octanol–water partition coefficient (Wildman–Crippen LogP) is 15.2. The summed E-state index contributed by atoms with van der Waals surface area (Å²) in [6, 6.07) is 80.0. The van der Waals surface area contributed by atoms with Crippen LogP contribution in [0.25, 0.3) is 110 Å². The van der Waals surface area contributed by atoms with Gasteiger partial charge in [-0.15, -0.1) is 0 Å². The largest absolute Gasteiger partial charge is 0.309 e. The number of benzene rings is 10. The average molecular weight is 737 g/mol. The first-order chi connectivity index (χ1) is 28.8. The number of para-hydroxylation sites is 4. The summed E-state index contributed by atoms with van der Waals surface area (Å²) in [5.74, 6) is 0. The molecule has 12 aromatic rings. The Kier molecular flexibility index (Phi) is 7.26. The molecule has 0 N–H and O–H groups in total. The van der Waals surface area contributed by atoms with Crippen LogP contribution >= 0.6 is 0 Å². The van der Waals surface area contributed by atoms with E-state index in [2.05, 4.69) is 228 Å². The van der Waals surface area contributed by atoms with Crippen molar-refractivity contribution in [3.63, 3.8) is 0 Å². The van der Waals surface area contributed by atoms with Gasteiger partial charge in [-0.25, -0.2) is 0 Å². The van der Waals surface area contributed by atoms with Crippen molar-refractivity contribution < 1.29 is 0 Å². The maximum absolute atomic E-state index is 2.47. The molecule has 2 heteroatoms. The average Bonchev–Trinajstić information content (AvgIpc) is 3.81. The summed E-state index contributed by atoms with van der Waals surface area (Å²) >= 11 is 0. The number of aromatic nitrogens is 2. The molecule has 270 valence electrons. The molecule has 2 heterocycles. The second-order valence-electron chi connectivity index (χ2n) is 15.3. The van der Waals surface area contributed by atoms with E-state index in [1.807, 2.05) is 0 Å². The van der Waals surface area contributed by atoms with Crippen molar-refractivity contribution in [1.82, 2.24) is 9.13 Å². The smallest absolute Gasteiger partial charge is 0.0547 e. The molecular weight excluding hydrogens is 701 g/mol. The molecule has 0 spiro atoms. The first-order valence-electron chi connectivity index (χ1n) is 20.0. The van der Waals surface area contributed by atoms with E-state index in [9.17, 15) is 0 Å². The molecule has 2 aromatic heterocycles. The molecule has 0 amide bonds. The molecule has 0 saturated heterocycles. The van der Waals surface area contributed by atoms with Gasteiger partial charge in [0.15, 0.2) is 0 Å². The van der Waals surface area contributed by atoms with Crippen LogP contribution in [0.5, 0.6) is 0 Å². The Morgan fingerprint density at radius 2 is 0.724 bits per heavy atom. The molecule has 0 aliphatic carbocycles. The molecule has 12 rings (SSSR count). The Bertz CT molecular complexity index is 3570. The summed E-state index contributed by atoms with van der Waals surface area (Å²) in [4.78, 5) is 0. The summed E-state index contributed by atoms with van der Waals surface area (Å²) < 4.78 is 4.92. The minimum absolute atomic E-state index is 1.17. The number of rotatable bonds is 5. The lowest BCUT2D eigenvalue weighted by molar-refractivity contribution is 1.18. The zero-order chi connectivity index (χ0) is 38.2. The third-order valence-electron chi connectivity index (χ3n) is 12.1. The second kappa shape index (κ2) is 12.9. The van der Waals surface area contributed by atoms with Gasteiger partial charge in [0.05, 0.1) is 33.4 Å². The van der Waals surface area contributed by atoms with E-state index in [-0.39, 0.29) is 0 Å². The molecule has 0 atom stereocenters. The van der Waals surface area contributed by atoms with E-state index in [1.165, 1.54) is 110 Å². The fourth-order valence-electron chi connectivity index (χ4n) is 9.53. The van der Waals surface area contributed by atoms with Crippen LogP contribution < -0.4 is 0 Å². The summed E-state index contributed by atoms with van der Waals surface area (Å²) in [6.45, 7) is 0. The first-order valence-corrected chi connectivity index (χ1v) is 20.0. The Morgan fingerprint density at radius 3 is 1.50 bits per heavy atom. The standard InChI is InChI=1S/C56H36N2/c1-2-16-37(17-3-1)42-20-8-12-26-51(42)58-52-27-13-9-23-45(52)48-32-30-39(36-56(48)58)38-31-33-55-50(34-38)47-25-11-15-29-54(47)57(55)53-28-14-10-24-46(53)49-35-40-18-4-5-19-41(40)43-21-6-7-22-44(43)49/h1-36H. The van der Waals surface area contributed by atoms with E-state index >= 15 is 0 Å². The minimum atomic E-state index is 1.17. The van der Waals surface area contributed by atoms with Gasteiger partial charge >= 0.3 is 0 Å². The van der Waals surface area contributed by atoms with Crippen LogP contribution in [0.3, 0.4) is 0 Å². The Hall–Kier alpha value is -7.68. The van der Waals surface area contributed by atoms with E-state index in [0.29, 0.717) is 0 Å². The van der Waals surface area contributed by atoms with Crippen molar-refractivity contribution >= 4 is 65.2 Å². The van der Waals surface area contributed by atoms with Crippen LogP contribution in [-0.4, -0.2) is 9.13 Å². The van der Waals surface area contributed by atoms with Crippen molar-refractivity contribution in [2.45, 2.75) is 0 Å². The third kappa shape index (κ3) is 4.92. The highest BCUT2D eigenvalue weighted by Crippen LogP contribution is 2.43. The van der Waals surface area contributed by atoms with Gasteiger partial charge in [0.1, 0.15) is 0 Å². The van der Waals surface area contributed by atoms with Crippen molar-refractivity contribution in [2.24, 2.45) is 0 Å². The van der Waals surface area contributed by atoms with Gasteiger partial charge in [0.25, 0.3) is 0 Å². The molecular formula is C56H36N2. The normalized spacial score (nSPS) is 11.8. The van der Waals surface area contributed by atoms with Crippen LogP contribution in [0.4, 0.5) is 0 Å². The molecule has 2 nitrogen and oxygen atoms in total. The lowest BCUT2D eigenvalue weighted by Gasteiger charge is -2.17. The second-order valence-corrected chi connectivity index (χ2v) is 15.3. The maximum Gasteiger partial charge on any atom is 0.0547 e. The Balaban J connectivity index is 1.06. The van der Waals surface area contributed by atoms with E-state index in [0.717, 1.165) is 0 Å². The van der Waals surface area contributed by atoms with Crippen molar-refractivity contribution in [3.05, 3.63) is 218 Å². The van der Waals surface area contributed by atoms with Crippen molar-refractivity contribution in [1.29, 1.82) is 0 Å². The molecule has 0 aliphatic rings. The van der Waals surface area contributed by atoms with Crippen molar-refractivity contribution in [2.75, 3.05) is 0 Å². The van der Waals surface area contributed by atoms with Crippen molar-refractivity contribution in [3.8, 4) is 44.8 Å². The molecule has 0 unspecified atom stereocenters. The third-order valence-corrected chi connectivity index (χ3v) is 12.1. The Labute approximate surface area is 336 Å². The van der Waals surface area contributed by atoms with Gasteiger partial charge in [0.2, 0.25) is 0 Å². The molecule has 0 bridgehead atoms. The van der Waals surface area contributed by atoms with E-state index in [1.54, 1.807) is 0 Å². The van der Waals surface area contributed by atoms with Crippen LogP contribution in [-0.2, 0) is 0 Å². The zero-order valence-electron chi connectivity index (χ0n) is 31.7. The van der Waals surface area contributed by atoms with Crippen LogP contribution in [0, 0.1) is 0 Å². The quantitative estimate of drug-likeness (QED) is 0.156. The molecule has 0 fully saturated rings. The minimum Gasteiger partial charge on any atom is -0.309 e. The topological polar surface area (TPSA) is 9.86 Å². The highest BCUT2D eigenvalue weighted by Gasteiger charge is 2.20. The maximum atomic E-state index is 2.47. The molecule has 0 radical (unpaired) electrons. The summed E-state index contributed by atoms with van der Waals surface area (Å²) in [7, 11) is 0. The van der Waals surface area contributed by atoms with Gasteiger partial charge in [0, 0.05) is 32.7 Å². The molecule has 0 saturated carbocycles. The van der Waals surface area contributed by atoms with Gasteiger partial charge in [-0.05, 0) is 92.3 Å². The van der Waals surface area contributed by atoms with Gasteiger partial charge in [-0.2, -0.15) is 0 Å². The monoisotopic (exact) mass is 736 g/mol. The fourth-order valence-corrected chi connectivity index (χ4v) is 9.53. The van der Waals surface area contributed by atoms with Crippen LogP contribution in [0.2, 0.25) is 0 Å². The SMILES string of the molecule is c1ccc(-c2ccccc2-n2c3ccccc3c3ccc(-c4ccc5c(c4)c4ccccc4n5-c4ccccc4-c4cc5ccccc5c5ccccc45)cc32)cc1. The number of hydrogen-bond donors (Lipinski definition) is 0. The number of nitrogens with zero attached hydrogens (tertiary/aromatic N) is 2. The number of fused-ring (bicyclic) bond motifs is 9. The fraction of sp³-hybridized carbons (Fsp3) is 0. The van der Waals surface area contributed by atoms with Gasteiger partial charge in [-0.3, -0.25) is 0 Å².